The summed E-state index contributed by atoms with van der Waals surface area (Å²) in [4.78, 5) is 11.9. The standard InChI is InChI=1S/C15H11BrClFO/c16-12-8-6-11(15(18)14(12)17)7-9-13(19)10-4-2-1-3-5-10/h1-6,8H,7,9H2. The average molecular weight is 342 g/mol. The van der Waals surface area contributed by atoms with E-state index in [1.165, 1.54) is 0 Å². The smallest absolute Gasteiger partial charge is 0.163 e. The first-order valence-corrected chi connectivity index (χ1v) is 6.97. The van der Waals surface area contributed by atoms with Crippen LogP contribution in [0, 0.1) is 5.82 Å². The molecule has 0 radical (unpaired) electrons. The molecule has 0 bridgehead atoms. The third-order valence-electron chi connectivity index (χ3n) is 2.83. The molecule has 19 heavy (non-hydrogen) atoms. The van der Waals surface area contributed by atoms with Crippen molar-refractivity contribution in [2.45, 2.75) is 12.8 Å². The van der Waals surface area contributed by atoms with Crippen molar-refractivity contribution in [1.82, 2.24) is 0 Å². The van der Waals surface area contributed by atoms with E-state index in [9.17, 15) is 9.18 Å². The van der Waals surface area contributed by atoms with Gasteiger partial charge in [0.2, 0.25) is 0 Å². The molecule has 0 saturated carbocycles. The summed E-state index contributed by atoms with van der Waals surface area (Å²) in [7, 11) is 0. The van der Waals surface area contributed by atoms with Crippen LogP contribution in [-0.2, 0) is 6.42 Å². The van der Waals surface area contributed by atoms with Gasteiger partial charge in [0.15, 0.2) is 5.78 Å². The van der Waals surface area contributed by atoms with E-state index in [1.54, 1.807) is 24.3 Å². The summed E-state index contributed by atoms with van der Waals surface area (Å²) in [5, 5.41) is 0.0599. The largest absolute Gasteiger partial charge is 0.294 e. The topological polar surface area (TPSA) is 17.1 Å². The highest BCUT2D eigenvalue weighted by atomic mass is 79.9. The van der Waals surface area contributed by atoms with E-state index in [-0.39, 0.29) is 17.2 Å². The van der Waals surface area contributed by atoms with Crippen molar-refractivity contribution in [1.29, 1.82) is 0 Å². The lowest BCUT2D eigenvalue weighted by Gasteiger charge is -2.06. The van der Waals surface area contributed by atoms with E-state index in [4.69, 9.17) is 11.6 Å². The minimum atomic E-state index is -0.461. The molecule has 0 saturated heterocycles. The van der Waals surface area contributed by atoms with Gasteiger partial charge in [-0.2, -0.15) is 0 Å². The highest BCUT2D eigenvalue weighted by Crippen LogP contribution is 2.28. The molecule has 0 aliphatic heterocycles. The Hall–Kier alpha value is -1.19. The van der Waals surface area contributed by atoms with E-state index < -0.39 is 5.82 Å². The Morgan fingerprint density at radius 2 is 1.84 bits per heavy atom. The van der Waals surface area contributed by atoms with Crippen molar-refractivity contribution in [3.05, 3.63) is 68.9 Å². The molecular formula is C15H11BrClFO. The van der Waals surface area contributed by atoms with Crippen LogP contribution < -0.4 is 0 Å². The summed E-state index contributed by atoms with van der Waals surface area (Å²) in [5.74, 6) is -0.462. The maximum absolute atomic E-state index is 13.8. The highest BCUT2D eigenvalue weighted by molar-refractivity contribution is 9.10. The molecule has 0 atom stereocenters. The summed E-state index contributed by atoms with van der Waals surface area (Å²) in [6.45, 7) is 0. The van der Waals surface area contributed by atoms with Crippen LogP contribution in [0.4, 0.5) is 4.39 Å². The van der Waals surface area contributed by atoms with Crippen molar-refractivity contribution in [2.24, 2.45) is 0 Å². The van der Waals surface area contributed by atoms with Crippen molar-refractivity contribution in [3.63, 3.8) is 0 Å². The van der Waals surface area contributed by atoms with Gasteiger partial charge in [0.05, 0.1) is 5.02 Å². The Labute approximate surface area is 124 Å². The van der Waals surface area contributed by atoms with Crippen LogP contribution in [0.2, 0.25) is 5.02 Å². The quantitative estimate of drug-likeness (QED) is 0.561. The monoisotopic (exact) mass is 340 g/mol. The van der Waals surface area contributed by atoms with Crippen LogP contribution in [-0.4, -0.2) is 5.78 Å². The number of halogens is 3. The van der Waals surface area contributed by atoms with E-state index in [0.29, 0.717) is 22.0 Å². The van der Waals surface area contributed by atoms with Crippen LogP contribution in [0.3, 0.4) is 0 Å². The van der Waals surface area contributed by atoms with Gasteiger partial charge in [-0.3, -0.25) is 4.79 Å². The second kappa shape index (κ2) is 6.31. The van der Waals surface area contributed by atoms with Crippen LogP contribution in [0.5, 0.6) is 0 Å². The Morgan fingerprint density at radius 3 is 2.53 bits per heavy atom. The fourth-order valence-electron chi connectivity index (χ4n) is 1.78. The maximum Gasteiger partial charge on any atom is 0.163 e. The fourth-order valence-corrected chi connectivity index (χ4v) is 2.27. The summed E-state index contributed by atoms with van der Waals surface area (Å²) >= 11 is 8.97. The number of hydrogen-bond acceptors (Lipinski definition) is 1. The summed E-state index contributed by atoms with van der Waals surface area (Å²) in [6, 6.07) is 12.3. The molecular weight excluding hydrogens is 331 g/mol. The lowest BCUT2D eigenvalue weighted by molar-refractivity contribution is 0.0982. The van der Waals surface area contributed by atoms with Crippen LogP contribution in [0.25, 0.3) is 0 Å². The molecule has 0 aliphatic rings. The van der Waals surface area contributed by atoms with Crippen LogP contribution >= 0.6 is 27.5 Å². The molecule has 0 fully saturated rings. The molecule has 1 nitrogen and oxygen atoms in total. The molecule has 98 valence electrons. The van der Waals surface area contributed by atoms with Crippen molar-refractivity contribution in [3.8, 4) is 0 Å². The lowest BCUT2D eigenvalue weighted by Crippen LogP contribution is -2.02. The zero-order valence-electron chi connectivity index (χ0n) is 10.00. The fraction of sp³-hybridized carbons (Fsp3) is 0.133. The number of rotatable bonds is 4. The highest BCUT2D eigenvalue weighted by Gasteiger charge is 2.12. The summed E-state index contributed by atoms with van der Waals surface area (Å²) in [5.41, 5.74) is 1.10. The van der Waals surface area contributed by atoms with E-state index in [0.717, 1.165) is 0 Å². The molecule has 0 N–H and O–H groups in total. The van der Waals surface area contributed by atoms with E-state index >= 15 is 0 Å². The van der Waals surface area contributed by atoms with Gasteiger partial charge in [0, 0.05) is 16.5 Å². The van der Waals surface area contributed by atoms with Gasteiger partial charge in [-0.15, -0.1) is 0 Å². The number of ketones is 1. The number of aryl methyl sites for hydroxylation is 1. The molecule has 0 unspecified atom stereocenters. The predicted molar refractivity (Wildman–Crippen MR) is 78.2 cm³/mol. The molecule has 2 aromatic carbocycles. The Balaban J connectivity index is 2.08. The SMILES string of the molecule is O=C(CCc1ccc(Br)c(Cl)c1F)c1ccccc1. The van der Waals surface area contributed by atoms with Gasteiger partial charge >= 0.3 is 0 Å². The van der Waals surface area contributed by atoms with Gasteiger partial charge in [-0.25, -0.2) is 4.39 Å². The zero-order valence-corrected chi connectivity index (χ0v) is 12.3. The van der Waals surface area contributed by atoms with E-state index in [1.807, 2.05) is 18.2 Å². The number of benzene rings is 2. The normalized spacial score (nSPS) is 10.5. The average Bonchev–Trinajstić information content (AvgIpc) is 2.45. The minimum absolute atomic E-state index is 0.000888. The first kappa shape index (κ1) is 14.2. The Kier molecular flexibility index (Phi) is 4.72. The third-order valence-corrected chi connectivity index (χ3v) is 4.09. The van der Waals surface area contributed by atoms with Gasteiger partial charge in [-0.05, 0) is 34.0 Å². The molecule has 2 aromatic rings. The maximum atomic E-state index is 13.8. The van der Waals surface area contributed by atoms with Crippen molar-refractivity contribution >= 4 is 33.3 Å². The molecule has 0 heterocycles. The second-order valence-electron chi connectivity index (χ2n) is 4.12. The lowest BCUT2D eigenvalue weighted by atomic mass is 10.0. The van der Waals surface area contributed by atoms with Gasteiger partial charge < -0.3 is 0 Å². The summed E-state index contributed by atoms with van der Waals surface area (Å²) in [6.07, 6.45) is 0.603. The van der Waals surface area contributed by atoms with Crippen molar-refractivity contribution < 1.29 is 9.18 Å². The molecule has 0 aliphatic carbocycles. The summed E-state index contributed by atoms with van der Waals surface area (Å²) < 4.78 is 14.4. The number of Topliss-reactive ketones (excluding diaryl/α,β-unsaturated/α-hetero) is 1. The number of carbonyl (C=O) groups is 1. The third kappa shape index (κ3) is 3.43. The van der Waals surface area contributed by atoms with E-state index in [2.05, 4.69) is 15.9 Å². The Morgan fingerprint density at radius 1 is 1.16 bits per heavy atom. The Bertz CT molecular complexity index is 599. The van der Waals surface area contributed by atoms with Gasteiger partial charge in [0.1, 0.15) is 5.82 Å². The van der Waals surface area contributed by atoms with Crippen molar-refractivity contribution in [2.75, 3.05) is 0 Å². The molecule has 2 rings (SSSR count). The van der Waals surface area contributed by atoms with Crippen LogP contribution in [0.1, 0.15) is 22.3 Å². The number of carbonyl (C=O) groups excluding carboxylic acids is 1. The predicted octanol–water partition coefficient (Wildman–Crippen LogP) is 5.06. The second-order valence-corrected chi connectivity index (χ2v) is 5.36. The minimum Gasteiger partial charge on any atom is -0.294 e. The number of hydrogen-bond donors (Lipinski definition) is 0. The van der Waals surface area contributed by atoms with Crippen LogP contribution in [0.15, 0.2) is 46.9 Å². The molecule has 0 aromatic heterocycles. The zero-order chi connectivity index (χ0) is 13.8. The molecule has 0 amide bonds. The first-order chi connectivity index (χ1) is 9.09. The molecule has 0 spiro atoms. The first-order valence-electron chi connectivity index (χ1n) is 5.80. The molecule has 4 heteroatoms. The van der Waals surface area contributed by atoms with Gasteiger partial charge in [-0.1, -0.05) is 48.0 Å². The van der Waals surface area contributed by atoms with Gasteiger partial charge in [0.25, 0.3) is 0 Å².